The average Bonchev–Trinajstić information content (AvgIpc) is 2.61. The van der Waals surface area contributed by atoms with E-state index in [1.54, 1.807) is 12.1 Å². The minimum atomic E-state index is -0.244. The van der Waals surface area contributed by atoms with Crippen molar-refractivity contribution in [3.8, 4) is 0 Å². The summed E-state index contributed by atoms with van der Waals surface area (Å²) in [7, 11) is 0. The molecule has 2 aromatic rings. The average molecular weight is 419 g/mol. The van der Waals surface area contributed by atoms with Gasteiger partial charge in [-0.3, -0.25) is 4.79 Å². The van der Waals surface area contributed by atoms with Gasteiger partial charge in [0.15, 0.2) is 0 Å². The van der Waals surface area contributed by atoms with Crippen molar-refractivity contribution in [3.63, 3.8) is 0 Å². The lowest BCUT2D eigenvalue weighted by molar-refractivity contribution is -0.139. The molecule has 0 radical (unpaired) electrons. The Morgan fingerprint density at radius 1 is 1.21 bits per heavy atom. The van der Waals surface area contributed by atoms with E-state index in [1.165, 1.54) is 31.4 Å². The third kappa shape index (κ3) is 3.07. The van der Waals surface area contributed by atoms with E-state index in [2.05, 4.69) is 10.2 Å². The van der Waals surface area contributed by atoms with Gasteiger partial charge in [0.05, 0.1) is 15.7 Å². The van der Waals surface area contributed by atoms with Gasteiger partial charge in [0.1, 0.15) is 5.82 Å². The number of benzene rings is 2. The fraction of sp³-hybridized carbons (Fsp3) is 0.409. The number of carbonyl (C=O) groups excluding carboxylic acids is 1. The smallest absolute Gasteiger partial charge is 0.225 e. The van der Waals surface area contributed by atoms with E-state index < -0.39 is 0 Å². The molecule has 1 heterocycles. The van der Waals surface area contributed by atoms with Gasteiger partial charge in [0.2, 0.25) is 5.91 Å². The first-order valence-electron chi connectivity index (χ1n) is 9.73. The normalized spacial score (nSPS) is 24.8. The second-order valence-electron chi connectivity index (χ2n) is 8.54. The molecule has 3 nitrogen and oxygen atoms in total. The molecule has 28 heavy (non-hydrogen) atoms. The fourth-order valence-electron chi connectivity index (χ4n) is 5.04. The van der Waals surface area contributed by atoms with Crippen LogP contribution in [0.1, 0.15) is 36.8 Å². The van der Waals surface area contributed by atoms with Gasteiger partial charge in [-0.2, -0.15) is 0 Å². The van der Waals surface area contributed by atoms with E-state index in [0.717, 1.165) is 35.7 Å². The molecule has 3 fully saturated rings. The fourth-order valence-corrected chi connectivity index (χ4v) is 5.72. The second-order valence-corrected chi connectivity index (χ2v) is 9.32. The molecule has 1 amide bonds. The number of hydrogen-bond donors (Lipinski definition) is 1. The number of halogens is 3. The first-order chi connectivity index (χ1) is 13.4. The van der Waals surface area contributed by atoms with Crippen LogP contribution >= 0.6 is 23.2 Å². The maximum Gasteiger partial charge on any atom is 0.225 e. The highest BCUT2D eigenvalue weighted by atomic mass is 35.5. The van der Waals surface area contributed by atoms with Gasteiger partial charge >= 0.3 is 0 Å². The Kier molecular flexibility index (Phi) is 4.33. The molecule has 0 unspecified atom stereocenters. The molecular weight excluding hydrogens is 398 g/mol. The zero-order chi connectivity index (χ0) is 19.5. The molecule has 2 bridgehead atoms. The Morgan fingerprint density at radius 3 is 2.57 bits per heavy atom. The lowest BCUT2D eigenvalue weighted by Gasteiger charge is -2.61. The van der Waals surface area contributed by atoms with Gasteiger partial charge in [0, 0.05) is 25.2 Å². The van der Waals surface area contributed by atoms with Crippen LogP contribution in [0.3, 0.4) is 0 Å². The van der Waals surface area contributed by atoms with E-state index in [1.807, 2.05) is 6.07 Å². The third-order valence-corrected chi connectivity index (χ3v) is 7.28. The second kappa shape index (κ2) is 6.64. The molecule has 0 aromatic heterocycles. The van der Waals surface area contributed by atoms with E-state index in [-0.39, 0.29) is 17.1 Å². The van der Waals surface area contributed by atoms with Crippen LogP contribution < -0.4 is 10.2 Å². The predicted octanol–water partition coefficient (Wildman–Crippen LogP) is 5.82. The van der Waals surface area contributed by atoms with Crippen molar-refractivity contribution in [2.75, 3.05) is 16.8 Å². The molecule has 3 aliphatic carbocycles. The van der Waals surface area contributed by atoms with Crippen LogP contribution in [0.2, 0.25) is 10.0 Å². The Labute approximate surface area is 173 Å². The minimum Gasteiger partial charge on any atom is -0.367 e. The number of carbonyl (C=O) groups is 1. The molecule has 1 aliphatic heterocycles. The Hall–Kier alpha value is -1.78. The van der Waals surface area contributed by atoms with Crippen LogP contribution in [0.5, 0.6) is 0 Å². The highest BCUT2D eigenvalue weighted by Crippen LogP contribution is 2.66. The molecule has 2 aromatic carbocycles. The van der Waals surface area contributed by atoms with Crippen molar-refractivity contribution in [3.05, 3.63) is 57.3 Å². The van der Waals surface area contributed by atoms with Gasteiger partial charge in [-0.1, -0.05) is 23.2 Å². The van der Waals surface area contributed by atoms with Crippen LogP contribution in [0.15, 0.2) is 30.3 Å². The zero-order valence-electron chi connectivity index (χ0n) is 15.4. The van der Waals surface area contributed by atoms with E-state index in [9.17, 15) is 9.18 Å². The minimum absolute atomic E-state index is 0.00523. The van der Waals surface area contributed by atoms with Crippen LogP contribution in [-0.2, 0) is 17.8 Å². The van der Waals surface area contributed by atoms with E-state index in [4.69, 9.17) is 23.2 Å². The van der Waals surface area contributed by atoms with Gasteiger partial charge in [-0.05, 0) is 78.5 Å². The maximum absolute atomic E-state index is 13.2. The summed E-state index contributed by atoms with van der Waals surface area (Å²) in [6.07, 6.45) is 4.87. The Balaban J connectivity index is 1.34. The summed E-state index contributed by atoms with van der Waals surface area (Å²) >= 11 is 13.1. The summed E-state index contributed by atoms with van der Waals surface area (Å²) in [4.78, 5) is 14.7. The van der Waals surface area contributed by atoms with Crippen molar-refractivity contribution in [2.45, 2.75) is 38.6 Å². The predicted molar refractivity (Wildman–Crippen MR) is 111 cm³/mol. The lowest BCUT2D eigenvalue weighted by Crippen LogP contribution is -2.53. The first kappa shape index (κ1) is 18.3. The highest BCUT2D eigenvalue weighted by Gasteiger charge is 2.57. The van der Waals surface area contributed by atoms with Crippen molar-refractivity contribution in [2.24, 2.45) is 11.3 Å². The Bertz CT molecular complexity index is 943. The first-order valence-corrected chi connectivity index (χ1v) is 10.5. The maximum atomic E-state index is 13.2. The molecule has 3 saturated carbocycles. The van der Waals surface area contributed by atoms with Crippen molar-refractivity contribution in [1.29, 1.82) is 0 Å². The van der Waals surface area contributed by atoms with Crippen LogP contribution in [-0.4, -0.2) is 12.5 Å². The largest absolute Gasteiger partial charge is 0.367 e. The number of fused-ring (bicyclic) bond motifs is 1. The lowest BCUT2D eigenvalue weighted by atomic mass is 9.43. The van der Waals surface area contributed by atoms with Gasteiger partial charge in [-0.25, -0.2) is 4.39 Å². The quantitative estimate of drug-likeness (QED) is 0.677. The van der Waals surface area contributed by atoms with Gasteiger partial charge < -0.3 is 10.2 Å². The number of amides is 1. The van der Waals surface area contributed by atoms with Crippen molar-refractivity contribution >= 4 is 40.5 Å². The standard InChI is InChI=1S/C22H21Cl2FN2O/c23-18-7-14-12-27(16-3-1-15(25)2-4-16)6-5-17(14)20(24)21(18)26-19(28)11-22-8-13(9-22)10-22/h1-4,7,13H,5-6,8-12H2,(H,26,28). The SMILES string of the molecule is O=C(CC12CC(C1)C2)Nc1c(Cl)cc2c(c1Cl)CCN(c1ccc(F)cc1)C2. The zero-order valence-corrected chi connectivity index (χ0v) is 16.9. The number of anilines is 2. The molecule has 0 saturated heterocycles. The van der Waals surface area contributed by atoms with E-state index >= 15 is 0 Å². The monoisotopic (exact) mass is 418 g/mol. The number of rotatable bonds is 4. The highest BCUT2D eigenvalue weighted by molar-refractivity contribution is 6.40. The molecule has 6 heteroatoms. The van der Waals surface area contributed by atoms with E-state index in [0.29, 0.717) is 28.7 Å². The summed E-state index contributed by atoms with van der Waals surface area (Å²) in [5.41, 5.74) is 3.83. The van der Waals surface area contributed by atoms with Crippen molar-refractivity contribution < 1.29 is 9.18 Å². The number of hydrogen-bond acceptors (Lipinski definition) is 2. The summed E-state index contributed by atoms with van der Waals surface area (Å²) in [6.45, 7) is 1.43. The van der Waals surface area contributed by atoms with Gasteiger partial charge in [0.25, 0.3) is 0 Å². The van der Waals surface area contributed by atoms with Crippen LogP contribution in [0.4, 0.5) is 15.8 Å². The molecule has 0 spiro atoms. The molecule has 4 aliphatic rings. The number of nitrogens with zero attached hydrogens (tertiary/aromatic N) is 1. The molecule has 0 atom stereocenters. The topological polar surface area (TPSA) is 32.3 Å². The van der Waals surface area contributed by atoms with Gasteiger partial charge in [-0.15, -0.1) is 0 Å². The summed E-state index contributed by atoms with van der Waals surface area (Å²) in [5, 5.41) is 3.99. The van der Waals surface area contributed by atoms with Crippen LogP contribution in [0.25, 0.3) is 0 Å². The molecule has 6 rings (SSSR count). The number of nitrogens with one attached hydrogen (secondary N) is 1. The molecular formula is C22H21Cl2FN2O. The Morgan fingerprint density at radius 2 is 1.93 bits per heavy atom. The summed E-state index contributed by atoms with van der Waals surface area (Å²) in [6, 6.07) is 8.39. The molecule has 1 N–H and O–H groups in total. The van der Waals surface area contributed by atoms with Crippen molar-refractivity contribution in [1.82, 2.24) is 0 Å². The third-order valence-electron chi connectivity index (χ3n) is 6.56. The summed E-state index contributed by atoms with van der Waals surface area (Å²) < 4.78 is 13.2. The molecule has 146 valence electrons. The summed E-state index contributed by atoms with van der Waals surface area (Å²) in [5.74, 6) is 0.616. The van der Waals surface area contributed by atoms with Crippen LogP contribution in [0, 0.1) is 17.2 Å².